The third kappa shape index (κ3) is 5.09. The van der Waals surface area contributed by atoms with Crippen molar-refractivity contribution in [3.63, 3.8) is 0 Å². The van der Waals surface area contributed by atoms with Crippen molar-refractivity contribution < 1.29 is 24.3 Å². The van der Waals surface area contributed by atoms with E-state index in [1.165, 1.54) is 28.8 Å². The molecule has 1 saturated heterocycles. The van der Waals surface area contributed by atoms with Gasteiger partial charge in [0, 0.05) is 20.6 Å². The van der Waals surface area contributed by atoms with Gasteiger partial charge in [-0.05, 0) is 83.3 Å². The highest BCUT2D eigenvalue weighted by Gasteiger charge is 2.40. The molecule has 0 aliphatic carbocycles. The van der Waals surface area contributed by atoms with Crippen LogP contribution in [-0.4, -0.2) is 34.0 Å². The molecule has 2 N–H and O–H groups in total. The summed E-state index contributed by atoms with van der Waals surface area (Å²) in [4.78, 5) is 51.1. The van der Waals surface area contributed by atoms with Gasteiger partial charge in [-0.3, -0.25) is 14.4 Å². The highest BCUT2D eigenvalue weighted by Crippen LogP contribution is 2.34. The number of rotatable bonds is 6. The second-order valence-corrected chi connectivity index (χ2v) is 9.71. The number of halogens is 1. The van der Waals surface area contributed by atoms with Crippen molar-refractivity contribution in [1.29, 1.82) is 0 Å². The van der Waals surface area contributed by atoms with Gasteiger partial charge in [-0.25, -0.2) is 9.69 Å². The molecule has 1 heterocycles. The summed E-state index contributed by atoms with van der Waals surface area (Å²) in [7, 11) is 0. The molecule has 3 aromatic rings. The van der Waals surface area contributed by atoms with Crippen molar-refractivity contribution in [3.05, 3.63) is 87.5 Å². The minimum atomic E-state index is -1.18. The van der Waals surface area contributed by atoms with Crippen molar-refractivity contribution in [2.75, 3.05) is 10.2 Å². The molecule has 0 saturated carbocycles. The summed E-state index contributed by atoms with van der Waals surface area (Å²) in [5.41, 5.74) is 1.03. The van der Waals surface area contributed by atoms with Gasteiger partial charge in [0.15, 0.2) is 0 Å². The fraction of sp³-hybridized carbons (Fsp3) is 0.0833. The molecule has 3 aromatic carbocycles. The van der Waals surface area contributed by atoms with Crippen LogP contribution in [0.3, 0.4) is 0 Å². The summed E-state index contributed by atoms with van der Waals surface area (Å²) in [5.74, 6) is -2.20. The van der Waals surface area contributed by atoms with Crippen LogP contribution in [0.4, 0.5) is 11.4 Å². The normalized spacial score (nSPS) is 15.5. The number of aromatic carboxylic acids is 1. The molecule has 1 fully saturated rings. The molecule has 0 bridgehead atoms. The van der Waals surface area contributed by atoms with E-state index in [0.717, 1.165) is 8.47 Å². The van der Waals surface area contributed by atoms with Crippen LogP contribution >= 0.6 is 34.4 Å². The molecule has 0 unspecified atom stereocenters. The Morgan fingerprint density at radius 1 is 0.939 bits per heavy atom. The van der Waals surface area contributed by atoms with Gasteiger partial charge < -0.3 is 10.4 Å². The Labute approximate surface area is 207 Å². The van der Waals surface area contributed by atoms with E-state index in [9.17, 15) is 24.3 Å². The Hall–Kier alpha value is -3.18. The molecule has 166 valence electrons. The van der Waals surface area contributed by atoms with Gasteiger partial charge in [0.2, 0.25) is 11.8 Å². The van der Waals surface area contributed by atoms with Crippen molar-refractivity contribution in [2.45, 2.75) is 16.6 Å². The molecule has 4 rings (SSSR count). The van der Waals surface area contributed by atoms with Gasteiger partial charge in [0.1, 0.15) is 0 Å². The topological polar surface area (TPSA) is 104 Å². The van der Waals surface area contributed by atoms with Crippen LogP contribution in [0.15, 0.2) is 77.7 Å². The number of thioether (sulfide) groups is 1. The minimum Gasteiger partial charge on any atom is -0.478 e. The van der Waals surface area contributed by atoms with Crippen LogP contribution < -0.4 is 10.2 Å². The molecular formula is C24H17IN2O5S. The zero-order valence-electron chi connectivity index (χ0n) is 17.0. The molecule has 9 heteroatoms. The van der Waals surface area contributed by atoms with Crippen LogP contribution in [0.2, 0.25) is 0 Å². The number of benzene rings is 3. The SMILES string of the molecule is O=C(O)c1ccccc1C(=O)Nc1ccc(S[C@@H]2CC(=O)N(c3ccc(I)cc3)C2=O)cc1. The monoisotopic (exact) mass is 572 g/mol. The number of imide groups is 1. The van der Waals surface area contributed by atoms with E-state index in [4.69, 9.17) is 0 Å². The van der Waals surface area contributed by atoms with E-state index in [1.807, 2.05) is 12.1 Å². The number of carboxylic acids is 1. The molecule has 1 atom stereocenters. The van der Waals surface area contributed by atoms with Gasteiger partial charge in [-0.2, -0.15) is 0 Å². The maximum absolute atomic E-state index is 12.8. The third-order valence-corrected chi connectivity index (χ3v) is 6.90. The lowest BCUT2D eigenvalue weighted by Gasteiger charge is -2.15. The van der Waals surface area contributed by atoms with Crippen LogP contribution in [0.5, 0.6) is 0 Å². The highest BCUT2D eigenvalue weighted by molar-refractivity contribution is 14.1. The number of hydrogen-bond acceptors (Lipinski definition) is 5. The van der Waals surface area contributed by atoms with Gasteiger partial charge in [0.05, 0.1) is 22.1 Å². The predicted octanol–water partition coefficient (Wildman–Crippen LogP) is 4.67. The lowest BCUT2D eigenvalue weighted by molar-refractivity contribution is -0.121. The van der Waals surface area contributed by atoms with Crippen LogP contribution in [0.25, 0.3) is 0 Å². The Balaban J connectivity index is 1.42. The zero-order valence-corrected chi connectivity index (χ0v) is 20.0. The molecule has 1 aliphatic rings. The molecule has 0 aromatic heterocycles. The maximum atomic E-state index is 12.8. The second kappa shape index (κ2) is 9.75. The standard InChI is InChI=1S/C24H17IN2O5S/c25-14-5-9-16(10-6-14)27-21(28)13-20(23(27)30)33-17-11-7-15(8-12-17)26-22(29)18-3-1-2-4-19(18)24(31)32/h1-12,20H,13H2,(H,26,29)(H,31,32)/t20-/m1/s1. The number of hydrogen-bond donors (Lipinski definition) is 2. The highest BCUT2D eigenvalue weighted by atomic mass is 127. The molecule has 0 spiro atoms. The fourth-order valence-electron chi connectivity index (χ4n) is 3.40. The summed E-state index contributed by atoms with van der Waals surface area (Å²) in [6.45, 7) is 0. The first-order valence-corrected chi connectivity index (χ1v) is 11.8. The van der Waals surface area contributed by atoms with Gasteiger partial charge >= 0.3 is 5.97 Å². The number of amides is 3. The number of nitrogens with one attached hydrogen (secondary N) is 1. The molecule has 0 radical (unpaired) electrons. The quantitative estimate of drug-likeness (QED) is 0.329. The lowest BCUT2D eigenvalue weighted by Crippen LogP contribution is -2.31. The van der Waals surface area contributed by atoms with E-state index in [1.54, 1.807) is 48.5 Å². The van der Waals surface area contributed by atoms with E-state index in [2.05, 4.69) is 27.9 Å². The van der Waals surface area contributed by atoms with Crippen molar-refractivity contribution in [2.24, 2.45) is 0 Å². The third-order valence-electron chi connectivity index (χ3n) is 4.98. The van der Waals surface area contributed by atoms with E-state index < -0.39 is 17.1 Å². The van der Waals surface area contributed by atoms with Crippen LogP contribution in [0.1, 0.15) is 27.1 Å². The van der Waals surface area contributed by atoms with Gasteiger partial charge in [-0.1, -0.05) is 12.1 Å². The van der Waals surface area contributed by atoms with Crippen LogP contribution in [0, 0.1) is 3.57 Å². The first kappa shape index (κ1) is 23.0. The zero-order chi connectivity index (χ0) is 23.5. The number of anilines is 2. The number of carbonyl (C=O) groups excluding carboxylic acids is 3. The predicted molar refractivity (Wildman–Crippen MR) is 134 cm³/mol. The van der Waals surface area contributed by atoms with Crippen molar-refractivity contribution >= 4 is 69.4 Å². The summed E-state index contributed by atoms with van der Waals surface area (Å²) in [5, 5.41) is 11.4. The molecule has 7 nitrogen and oxygen atoms in total. The number of nitrogens with zero attached hydrogens (tertiary/aromatic N) is 1. The number of carboxylic acid groups (broad SMARTS) is 1. The molecule has 3 amide bonds. The van der Waals surface area contributed by atoms with E-state index in [-0.39, 0.29) is 29.4 Å². The Morgan fingerprint density at radius 3 is 2.21 bits per heavy atom. The molecular weight excluding hydrogens is 555 g/mol. The van der Waals surface area contributed by atoms with E-state index in [0.29, 0.717) is 11.4 Å². The Bertz CT molecular complexity index is 1240. The minimum absolute atomic E-state index is 0.0641. The summed E-state index contributed by atoms with van der Waals surface area (Å²) in [6.07, 6.45) is 0.111. The van der Waals surface area contributed by atoms with Gasteiger partial charge in [0.25, 0.3) is 5.91 Å². The summed E-state index contributed by atoms with van der Waals surface area (Å²) >= 11 is 3.45. The smallest absolute Gasteiger partial charge is 0.336 e. The first-order chi connectivity index (χ1) is 15.8. The van der Waals surface area contributed by atoms with Gasteiger partial charge in [-0.15, -0.1) is 11.8 Å². The van der Waals surface area contributed by atoms with E-state index >= 15 is 0 Å². The Morgan fingerprint density at radius 2 is 1.58 bits per heavy atom. The average molecular weight is 572 g/mol. The lowest BCUT2D eigenvalue weighted by atomic mass is 10.1. The fourth-order valence-corrected chi connectivity index (χ4v) is 4.82. The molecule has 1 aliphatic heterocycles. The second-order valence-electron chi connectivity index (χ2n) is 7.18. The molecule has 33 heavy (non-hydrogen) atoms. The van der Waals surface area contributed by atoms with Crippen LogP contribution in [-0.2, 0) is 9.59 Å². The summed E-state index contributed by atoms with van der Waals surface area (Å²) in [6, 6.07) is 20.0. The largest absolute Gasteiger partial charge is 0.478 e. The first-order valence-electron chi connectivity index (χ1n) is 9.86. The van der Waals surface area contributed by atoms with Crippen molar-refractivity contribution in [3.8, 4) is 0 Å². The average Bonchev–Trinajstić information content (AvgIpc) is 3.08. The summed E-state index contributed by atoms with van der Waals surface area (Å²) < 4.78 is 1.01. The number of carbonyl (C=O) groups is 4. The maximum Gasteiger partial charge on any atom is 0.336 e. The Kier molecular flexibility index (Phi) is 6.80. The van der Waals surface area contributed by atoms with Crippen molar-refractivity contribution in [1.82, 2.24) is 0 Å².